The predicted molar refractivity (Wildman–Crippen MR) is 91.8 cm³/mol. The molecule has 1 nitrogen and oxygen atoms in total. The molecule has 1 unspecified atom stereocenters. The van der Waals surface area contributed by atoms with Gasteiger partial charge in [-0.15, -0.1) is 5.54 Å². The second-order valence-electron chi connectivity index (χ2n) is 7.05. The number of rotatable bonds is 2. The number of benzene rings is 1. The van der Waals surface area contributed by atoms with Crippen LogP contribution in [-0.2, 0) is 11.2 Å². The van der Waals surface area contributed by atoms with Gasteiger partial charge < -0.3 is 0 Å². The van der Waals surface area contributed by atoms with E-state index in [9.17, 15) is 9.18 Å². The number of halogens is 1. The van der Waals surface area contributed by atoms with E-state index in [4.69, 9.17) is 0 Å². The van der Waals surface area contributed by atoms with Crippen molar-refractivity contribution in [2.24, 2.45) is 5.92 Å². The summed E-state index contributed by atoms with van der Waals surface area (Å²) in [5, 5.41) is 0. The van der Waals surface area contributed by atoms with E-state index in [1.165, 1.54) is 0 Å². The summed E-state index contributed by atoms with van der Waals surface area (Å²) in [5.74, 6) is 3.13. The van der Waals surface area contributed by atoms with E-state index in [0.717, 1.165) is 17.6 Å². The number of hydrogen-bond acceptors (Lipinski definition) is 1. The Morgan fingerprint density at radius 1 is 1.27 bits per heavy atom. The Balaban J connectivity index is 2.18. The number of ketones is 1. The molecule has 0 saturated carbocycles. The van der Waals surface area contributed by atoms with Crippen LogP contribution in [0.2, 0.25) is 19.6 Å². The Bertz CT molecular complexity index is 671. The molecule has 1 atom stereocenters. The third-order valence-electron chi connectivity index (χ3n) is 3.75. The van der Waals surface area contributed by atoms with E-state index in [0.29, 0.717) is 18.4 Å². The van der Waals surface area contributed by atoms with Crippen molar-refractivity contribution in [1.29, 1.82) is 0 Å². The highest BCUT2D eigenvalue weighted by Crippen LogP contribution is 2.24. The molecule has 0 heterocycles. The molecule has 0 radical (unpaired) electrons. The molecule has 0 amide bonds. The highest BCUT2D eigenvalue weighted by molar-refractivity contribution is 6.83. The van der Waals surface area contributed by atoms with Gasteiger partial charge in [0.25, 0.3) is 0 Å². The molecule has 1 aromatic rings. The van der Waals surface area contributed by atoms with E-state index in [1.54, 1.807) is 19.1 Å². The lowest BCUT2D eigenvalue weighted by molar-refractivity contribution is -0.121. The minimum atomic E-state index is -1.40. The van der Waals surface area contributed by atoms with E-state index in [2.05, 4.69) is 31.1 Å². The number of aryl methyl sites for hydroxylation is 1. The quantitative estimate of drug-likeness (QED) is 0.582. The molecule has 1 aliphatic rings. The lowest BCUT2D eigenvalue weighted by Gasteiger charge is -2.18. The molecule has 22 heavy (non-hydrogen) atoms. The minimum absolute atomic E-state index is 0.165. The number of Topliss-reactive ketones (excluding diaryl/α,β-unsaturated/α-hetero) is 1. The summed E-state index contributed by atoms with van der Waals surface area (Å²) < 4.78 is 13.6. The first-order valence-electron chi connectivity index (χ1n) is 7.76. The van der Waals surface area contributed by atoms with Crippen LogP contribution in [0.25, 0.3) is 0 Å². The molecule has 0 aliphatic heterocycles. The van der Waals surface area contributed by atoms with Crippen molar-refractivity contribution in [2.75, 3.05) is 0 Å². The number of carbonyl (C=O) groups excluding carboxylic acids is 1. The van der Waals surface area contributed by atoms with Crippen LogP contribution in [0.3, 0.4) is 0 Å². The van der Waals surface area contributed by atoms with E-state index in [1.807, 2.05) is 12.1 Å². The SMILES string of the molecule is Cc1ccc(CC2C=C(C#C[Si](C)(C)C)CCC2=O)cc1F. The lowest BCUT2D eigenvalue weighted by atomic mass is 9.85. The van der Waals surface area contributed by atoms with Crippen molar-refractivity contribution in [3.63, 3.8) is 0 Å². The second-order valence-corrected chi connectivity index (χ2v) is 11.8. The fourth-order valence-corrected chi connectivity index (χ4v) is 2.96. The van der Waals surface area contributed by atoms with Crippen LogP contribution in [0.4, 0.5) is 4.39 Å². The smallest absolute Gasteiger partial charge is 0.140 e. The number of carbonyl (C=O) groups is 1. The summed E-state index contributed by atoms with van der Waals surface area (Å²) >= 11 is 0. The third kappa shape index (κ3) is 4.67. The molecule has 2 rings (SSSR count). The Labute approximate surface area is 133 Å². The van der Waals surface area contributed by atoms with Gasteiger partial charge in [0.15, 0.2) is 0 Å². The van der Waals surface area contributed by atoms with Gasteiger partial charge in [-0.05, 0) is 42.5 Å². The van der Waals surface area contributed by atoms with Gasteiger partial charge in [-0.25, -0.2) is 4.39 Å². The highest BCUT2D eigenvalue weighted by Gasteiger charge is 2.22. The molecule has 0 fully saturated rings. The van der Waals surface area contributed by atoms with Gasteiger partial charge >= 0.3 is 0 Å². The molecular weight excluding hydrogens is 291 g/mol. The highest BCUT2D eigenvalue weighted by atomic mass is 28.3. The average molecular weight is 314 g/mol. The van der Waals surface area contributed by atoms with Gasteiger partial charge in [0.05, 0.1) is 0 Å². The van der Waals surface area contributed by atoms with Crippen LogP contribution in [0.1, 0.15) is 24.0 Å². The van der Waals surface area contributed by atoms with Gasteiger partial charge in [-0.2, -0.15) is 0 Å². The van der Waals surface area contributed by atoms with Gasteiger partial charge in [0.2, 0.25) is 0 Å². The third-order valence-corrected chi connectivity index (χ3v) is 4.62. The van der Waals surface area contributed by atoms with E-state index >= 15 is 0 Å². The zero-order chi connectivity index (χ0) is 16.3. The standard InChI is InChI=1S/C19H23FOSi/c1-14-5-6-16(13-18(14)20)12-17-11-15(7-8-19(17)21)9-10-22(2,3)4/h5-6,11,13,17H,7-8,12H2,1-4H3. The first-order valence-corrected chi connectivity index (χ1v) is 11.3. The molecule has 0 spiro atoms. The van der Waals surface area contributed by atoms with Crippen LogP contribution >= 0.6 is 0 Å². The summed E-state index contributed by atoms with van der Waals surface area (Å²) in [5.41, 5.74) is 5.93. The Kier molecular flexibility index (Phi) is 5.03. The van der Waals surface area contributed by atoms with Crippen molar-refractivity contribution >= 4 is 13.9 Å². The first kappa shape index (κ1) is 16.7. The normalized spacial score (nSPS) is 18.5. The predicted octanol–water partition coefficient (Wildman–Crippen LogP) is 4.46. The molecule has 1 aromatic carbocycles. The molecule has 0 saturated heterocycles. The zero-order valence-electron chi connectivity index (χ0n) is 13.8. The topological polar surface area (TPSA) is 17.1 Å². The van der Waals surface area contributed by atoms with E-state index < -0.39 is 8.07 Å². The molecule has 116 valence electrons. The Morgan fingerprint density at radius 3 is 2.64 bits per heavy atom. The fourth-order valence-electron chi connectivity index (χ4n) is 2.42. The maximum atomic E-state index is 13.6. The van der Waals surface area contributed by atoms with Gasteiger partial charge in [0, 0.05) is 12.3 Å². The van der Waals surface area contributed by atoms with Crippen LogP contribution in [0.5, 0.6) is 0 Å². The number of hydrogen-bond donors (Lipinski definition) is 0. The van der Waals surface area contributed by atoms with Gasteiger partial charge in [0.1, 0.15) is 19.7 Å². The van der Waals surface area contributed by atoms with Crippen molar-refractivity contribution in [3.05, 3.63) is 46.8 Å². The summed E-state index contributed by atoms with van der Waals surface area (Å²) in [4.78, 5) is 12.1. The maximum Gasteiger partial charge on any atom is 0.140 e. The van der Waals surface area contributed by atoms with E-state index in [-0.39, 0.29) is 17.5 Å². The minimum Gasteiger partial charge on any atom is -0.299 e. The number of allylic oxidation sites excluding steroid dienone is 2. The van der Waals surface area contributed by atoms with Crippen LogP contribution < -0.4 is 0 Å². The second kappa shape index (κ2) is 6.62. The van der Waals surface area contributed by atoms with Crippen LogP contribution in [-0.4, -0.2) is 13.9 Å². The maximum absolute atomic E-state index is 13.6. The molecule has 0 bridgehead atoms. The largest absolute Gasteiger partial charge is 0.299 e. The summed E-state index contributed by atoms with van der Waals surface area (Å²) in [6, 6.07) is 5.22. The molecule has 1 aliphatic carbocycles. The molecule has 0 aromatic heterocycles. The summed E-state index contributed by atoms with van der Waals surface area (Å²) in [6.07, 6.45) is 3.85. The molecule has 0 N–H and O–H groups in total. The molecule has 3 heteroatoms. The Morgan fingerprint density at radius 2 is 2.00 bits per heavy atom. The Hall–Kier alpha value is -1.66. The summed E-state index contributed by atoms with van der Waals surface area (Å²) in [6.45, 7) is 8.37. The fraction of sp³-hybridized carbons (Fsp3) is 0.421. The lowest BCUT2D eigenvalue weighted by Crippen LogP contribution is -2.20. The monoisotopic (exact) mass is 314 g/mol. The summed E-state index contributed by atoms with van der Waals surface area (Å²) in [7, 11) is -1.40. The zero-order valence-corrected chi connectivity index (χ0v) is 14.8. The van der Waals surface area contributed by atoms with Crippen molar-refractivity contribution in [3.8, 4) is 11.5 Å². The van der Waals surface area contributed by atoms with Crippen molar-refractivity contribution in [2.45, 2.75) is 45.8 Å². The van der Waals surface area contributed by atoms with Crippen LogP contribution in [0, 0.1) is 30.1 Å². The van der Waals surface area contributed by atoms with Crippen molar-refractivity contribution < 1.29 is 9.18 Å². The first-order chi connectivity index (χ1) is 10.2. The van der Waals surface area contributed by atoms with Crippen molar-refractivity contribution in [1.82, 2.24) is 0 Å². The molecular formula is C19H23FOSi. The van der Waals surface area contributed by atoms with Crippen LogP contribution in [0.15, 0.2) is 29.8 Å². The van der Waals surface area contributed by atoms with Gasteiger partial charge in [-0.3, -0.25) is 4.79 Å². The average Bonchev–Trinajstić information content (AvgIpc) is 2.43. The van der Waals surface area contributed by atoms with Gasteiger partial charge in [-0.1, -0.05) is 43.8 Å².